The fourth-order valence-corrected chi connectivity index (χ4v) is 2.11. The average molecular weight is 287 g/mol. The lowest BCUT2D eigenvalue weighted by Gasteiger charge is -2.17. The zero-order valence-electron chi connectivity index (χ0n) is 11.8. The number of carbonyl (C=O) groups is 1. The zero-order chi connectivity index (χ0) is 15.2. The predicted octanol–water partition coefficient (Wildman–Crippen LogP) is 2.06. The van der Waals surface area contributed by atoms with Crippen molar-refractivity contribution in [3.63, 3.8) is 0 Å². The molecule has 0 aliphatic rings. The van der Waals surface area contributed by atoms with Crippen LogP contribution in [-0.2, 0) is 13.1 Å². The van der Waals surface area contributed by atoms with Crippen molar-refractivity contribution in [2.24, 2.45) is 5.84 Å². The first-order chi connectivity index (χ1) is 10.1. The van der Waals surface area contributed by atoms with Crippen LogP contribution in [0, 0.1) is 5.82 Å². The summed E-state index contributed by atoms with van der Waals surface area (Å²) in [5.41, 5.74) is 4.77. The number of nitrogens with two attached hydrogens (primary N) is 1. The summed E-state index contributed by atoms with van der Waals surface area (Å²) in [6, 6.07) is 13.7. The highest BCUT2D eigenvalue weighted by atomic mass is 19.1. The van der Waals surface area contributed by atoms with Crippen LogP contribution in [-0.4, -0.2) is 17.9 Å². The van der Waals surface area contributed by atoms with Gasteiger partial charge in [-0.3, -0.25) is 15.1 Å². The first-order valence-corrected chi connectivity index (χ1v) is 6.61. The molecule has 0 aromatic heterocycles. The average Bonchev–Trinajstić information content (AvgIpc) is 2.49. The normalized spacial score (nSPS) is 10.7. The second kappa shape index (κ2) is 6.97. The lowest BCUT2D eigenvalue weighted by atomic mass is 10.1. The third kappa shape index (κ3) is 4.37. The van der Waals surface area contributed by atoms with Crippen molar-refractivity contribution in [1.82, 2.24) is 10.3 Å². The molecule has 0 unspecified atom stereocenters. The number of hydrogen-bond donors (Lipinski definition) is 2. The summed E-state index contributed by atoms with van der Waals surface area (Å²) < 4.78 is 12.8. The minimum atomic E-state index is -0.304. The number of carbonyl (C=O) groups excluding carboxylic acids is 1. The van der Waals surface area contributed by atoms with Gasteiger partial charge in [-0.25, -0.2) is 10.2 Å². The van der Waals surface area contributed by atoms with Crippen LogP contribution in [0.4, 0.5) is 4.39 Å². The number of nitrogens with one attached hydrogen (secondary N) is 1. The minimum absolute atomic E-state index is 0.227. The van der Waals surface area contributed by atoms with Gasteiger partial charge in [0.2, 0.25) is 0 Å². The SMILES string of the molecule is CN(Cc1ccc(F)cc1)Cc1ccc(C(=O)NN)cc1. The number of amides is 1. The summed E-state index contributed by atoms with van der Waals surface area (Å²) in [5, 5.41) is 0. The molecule has 110 valence electrons. The quantitative estimate of drug-likeness (QED) is 0.503. The van der Waals surface area contributed by atoms with E-state index in [4.69, 9.17) is 5.84 Å². The molecule has 2 aromatic rings. The Labute approximate surface area is 123 Å². The molecule has 2 aromatic carbocycles. The fourth-order valence-electron chi connectivity index (χ4n) is 2.11. The molecule has 0 heterocycles. The van der Waals surface area contributed by atoms with E-state index in [-0.39, 0.29) is 11.7 Å². The van der Waals surface area contributed by atoms with Crippen LogP contribution in [0.2, 0.25) is 0 Å². The largest absolute Gasteiger partial charge is 0.298 e. The van der Waals surface area contributed by atoms with Crippen LogP contribution < -0.4 is 11.3 Å². The molecule has 0 radical (unpaired) electrons. The third-order valence-electron chi connectivity index (χ3n) is 3.17. The van der Waals surface area contributed by atoms with Gasteiger partial charge in [-0.2, -0.15) is 0 Å². The van der Waals surface area contributed by atoms with Gasteiger partial charge in [-0.1, -0.05) is 24.3 Å². The van der Waals surface area contributed by atoms with E-state index in [2.05, 4.69) is 10.3 Å². The molecule has 2 rings (SSSR count). The third-order valence-corrected chi connectivity index (χ3v) is 3.17. The molecule has 5 heteroatoms. The van der Waals surface area contributed by atoms with Crippen LogP contribution >= 0.6 is 0 Å². The van der Waals surface area contributed by atoms with E-state index in [9.17, 15) is 9.18 Å². The molecule has 1 amide bonds. The summed E-state index contributed by atoms with van der Waals surface area (Å²) in [4.78, 5) is 13.5. The van der Waals surface area contributed by atoms with Crippen LogP contribution in [0.25, 0.3) is 0 Å². The number of benzene rings is 2. The Balaban J connectivity index is 1.94. The van der Waals surface area contributed by atoms with Crippen molar-refractivity contribution in [3.8, 4) is 0 Å². The van der Waals surface area contributed by atoms with Gasteiger partial charge in [0.15, 0.2) is 0 Å². The molecule has 0 bridgehead atoms. The fraction of sp³-hybridized carbons (Fsp3) is 0.188. The van der Waals surface area contributed by atoms with E-state index in [1.165, 1.54) is 12.1 Å². The highest BCUT2D eigenvalue weighted by molar-refractivity contribution is 5.93. The van der Waals surface area contributed by atoms with Crippen molar-refractivity contribution < 1.29 is 9.18 Å². The maximum absolute atomic E-state index is 12.8. The standard InChI is InChI=1S/C16H18FN3O/c1-20(11-13-4-8-15(17)9-5-13)10-12-2-6-14(7-3-12)16(21)19-18/h2-9H,10-11,18H2,1H3,(H,19,21). The van der Waals surface area contributed by atoms with E-state index in [1.807, 2.05) is 19.2 Å². The van der Waals surface area contributed by atoms with E-state index >= 15 is 0 Å². The lowest BCUT2D eigenvalue weighted by Crippen LogP contribution is -2.29. The molecular weight excluding hydrogens is 269 g/mol. The molecule has 21 heavy (non-hydrogen) atoms. The number of rotatable bonds is 5. The predicted molar refractivity (Wildman–Crippen MR) is 79.7 cm³/mol. The van der Waals surface area contributed by atoms with Crippen LogP contribution in [0.1, 0.15) is 21.5 Å². The van der Waals surface area contributed by atoms with Crippen molar-refractivity contribution in [3.05, 3.63) is 71.0 Å². The zero-order valence-corrected chi connectivity index (χ0v) is 11.8. The van der Waals surface area contributed by atoms with Gasteiger partial charge in [0, 0.05) is 18.7 Å². The van der Waals surface area contributed by atoms with E-state index in [1.54, 1.807) is 24.3 Å². The van der Waals surface area contributed by atoms with Gasteiger partial charge in [0.1, 0.15) is 5.82 Å². The highest BCUT2D eigenvalue weighted by Gasteiger charge is 2.05. The summed E-state index contributed by atoms with van der Waals surface area (Å²) in [6.45, 7) is 1.47. The van der Waals surface area contributed by atoms with Gasteiger partial charge in [-0.15, -0.1) is 0 Å². The maximum Gasteiger partial charge on any atom is 0.265 e. The van der Waals surface area contributed by atoms with E-state index < -0.39 is 0 Å². The molecule has 4 nitrogen and oxygen atoms in total. The van der Waals surface area contributed by atoms with Gasteiger partial charge in [0.25, 0.3) is 5.91 Å². The van der Waals surface area contributed by atoms with Gasteiger partial charge >= 0.3 is 0 Å². The highest BCUT2D eigenvalue weighted by Crippen LogP contribution is 2.10. The molecule has 0 saturated heterocycles. The Morgan fingerprint density at radius 3 is 2.00 bits per heavy atom. The van der Waals surface area contributed by atoms with Crippen molar-refractivity contribution in [1.29, 1.82) is 0 Å². The topological polar surface area (TPSA) is 58.4 Å². The minimum Gasteiger partial charge on any atom is -0.298 e. The Morgan fingerprint density at radius 2 is 1.52 bits per heavy atom. The molecule has 0 spiro atoms. The first-order valence-electron chi connectivity index (χ1n) is 6.61. The molecule has 0 fully saturated rings. The molecule has 0 aliphatic heterocycles. The molecule has 3 N–H and O–H groups in total. The second-order valence-electron chi connectivity index (χ2n) is 4.97. The van der Waals surface area contributed by atoms with Crippen LogP contribution in [0.5, 0.6) is 0 Å². The van der Waals surface area contributed by atoms with E-state index in [0.717, 1.165) is 24.2 Å². The maximum atomic E-state index is 12.8. The first kappa shape index (κ1) is 15.2. The van der Waals surface area contributed by atoms with Crippen LogP contribution in [0.3, 0.4) is 0 Å². The summed E-state index contributed by atoms with van der Waals surface area (Å²) in [6.07, 6.45) is 0. The Morgan fingerprint density at radius 1 is 1.05 bits per heavy atom. The summed E-state index contributed by atoms with van der Waals surface area (Å²) in [5.74, 6) is 4.55. The second-order valence-corrected chi connectivity index (χ2v) is 4.97. The monoisotopic (exact) mass is 287 g/mol. The summed E-state index contributed by atoms with van der Waals surface area (Å²) in [7, 11) is 1.99. The molecular formula is C16H18FN3O. The van der Waals surface area contributed by atoms with Crippen molar-refractivity contribution in [2.45, 2.75) is 13.1 Å². The molecule has 0 aliphatic carbocycles. The van der Waals surface area contributed by atoms with Crippen LogP contribution in [0.15, 0.2) is 48.5 Å². The van der Waals surface area contributed by atoms with Gasteiger partial charge in [-0.05, 0) is 42.4 Å². The number of nitrogens with zero attached hydrogens (tertiary/aromatic N) is 1. The summed E-state index contributed by atoms with van der Waals surface area (Å²) >= 11 is 0. The smallest absolute Gasteiger partial charge is 0.265 e. The Bertz CT molecular complexity index is 596. The number of hydrazine groups is 1. The van der Waals surface area contributed by atoms with Crippen molar-refractivity contribution >= 4 is 5.91 Å². The lowest BCUT2D eigenvalue weighted by molar-refractivity contribution is 0.0953. The number of hydrogen-bond acceptors (Lipinski definition) is 3. The number of nitrogen functional groups attached to an aromatic ring is 1. The van der Waals surface area contributed by atoms with Crippen molar-refractivity contribution in [2.75, 3.05) is 7.05 Å². The van der Waals surface area contributed by atoms with E-state index in [0.29, 0.717) is 5.56 Å². The Kier molecular flexibility index (Phi) is 5.03. The molecule has 0 atom stereocenters. The van der Waals surface area contributed by atoms with Gasteiger partial charge in [0.05, 0.1) is 0 Å². The van der Waals surface area contributed by atoms with Gasteiger partial charge < -0.3 is 0 Å². The Hall–Kier alpha value is -2.24. The number of halogens is 1. The molecule has 0 saturated carbocycles.